The summed E-state index contributed by atoms with van der Waals surface area (Å²) in [5.41, 5.74) is 4.10. The first-order chi connectivity index (χ1) is 18.2. The van der Waals surface area contributed by atoms with Crippen molar-refractivity contribution in [1.82, 2.24) is 15.3 Å². The first kappa shape index (κ1) is 23.7. The maximum Gasteiger partial charge on any atom is 0.407 e. The fourth-order valence-corrected chi connectivity index (χ4v) is 3.76. The molecule has 3 aromatic carbocycles. The van der Waals surface area contributed by atoms with E-state index in [0.29, 0.717) is 23.3 Å². The molecule has 2 heterocycles. The number of hydrogen-bond acceptors (Lipinski definition) is 8. The lowest BCUT2D eigenvalue weighted by Gasteiger charge is -2.10. The van der Waals surface area contributed by atoms with Crippen molar-refractivity contribution in [3.8, 4) is 28.4 Å². The van der Waals surface area contributed by atoms with E-state index in [0.717, 1.165) is 27.9 Å². The second-order valence-electron chi connectivity index (χ2n) is 8.01. The van der Waals surface area contributed by atoms with Crippen LogP contribution in [0, 0.1) is 0 Å². The van der Waals surface area contributed by atoms with Crippen molar-refractivity contribution in [1.29, 1.82) is 0 Å². The van der Waals surface area contributed by atoms with Crippen LogP contribution in [-0.4, -0.2) is 23.2 Å². The van der Waals surface area contributed by atoms with Gasteiger partial charge in [-0.05, 0) is 23.3 Å². The van der Waals surface area contributed by atoms with Crippen LogP contribution in [0.5, 0.6) is 5.75 Å². The molecular weight excluding hydrogens is 472 g/mol. The summed E-state index contributed by atoms with van der Waals surface area (Å²) in [4.78, 5) is 20.5. The summed E-state index contributed by atoms with van der Waals surface area (Å²) < 4.78 is 22.1. The van der Waals surface area contributed by atoms with E-state index in [1.807, 2.05) is 72.8 Å². The fraction of sp³-hybridized carbons (Fsp3) is 0.107. The van der Waals surface area contributed by atoms with Crippen LogP contribution in [0.4, 0.5) is 16.5 Å². The summed E-state index contributed by atoms with van der Waals surface area (Å²) in [6.45, 7) is 0.475. The van der Waals surface area contributed by atoms with E-state index in [-0.39, 0.29) is 13.2 Å². The second kappa shape index (κ2) is 11.1. The lowest BCUT2D eigenvalue weighted by atomic mass is 10.1. The van der Waals surface area contributed by atoms with Gasteiger partial charge < -0.3 is 28.9 Å². The SMILES string of the molecule is COc1cc(Nc2ncc(-c3ccccc3CNC(=O)OCc3ccccc3)o2)ccc1-c1cnco1. The van der Waals surface area contributed by atoms with Crippen LogP contribution in [0.2, 0.25) is 0 Å². The Morgan fingerprint density at radius 3 is 2.59 bits per heavy atom. The third kappa shape index (κ3) is 5.79. The first-order valence-corrected chi connectivity index (χ1v) is 11.5. The number of alkyl carbamates (subject to hydrolysis) is 1. The predicted octanol–water partition coefficient (Wildman–Crippen LogP) is 6.18. The fourth-order valence-electron chi connectivity index (χ4n) is 3.76. The van der Waals surface area contributed by atoms with Gasteiger partial charge in [-0.3, -0.25) is 0 Å². The molecule has 0 aliphatic heterocycles. The summed E-state index contributed by atoms with van der Waals surface area (Å²) in [5, 5.41) is 5.94. The van der Waals surface area contributed by atoms with Crippen LogP contribution in [-0.2, 0) is 17.9 Å². The number of ether oxygens (including phenoxy) is 2. The molecule has 0 fully saturated rings. The number of amides is 1. The van der Waals surface area contributed by atoms with E-state index in [2.05, 4.69) is 20.6 Å². The number of carbonyl (C=O) groups is 1. The number of anilines is 2. The number of methoxy groups -OCH3 is 1. The molecule has 1 amide bonds. The topological polar surface area (TPSA) is 112 Å². The van der Waals surface area contributed by atoms with Gasteiger partial charge in [0.1, 0.15) is 12.4 Å². The lowest BCUT2D eigenvalue weighted by Crippen LogP contribution is -2.23. The van der Waals surface area contributed by atoms with Gasteiger partial charge in [0.2, 0.25) is 0 Å². The quantitative estimate of drug-likeness (QED) is 0.249. The van der Waals surface area contributed by atoms with Gasteiger partial charge in [-0.25, -0.2) is 14.8 Å². The van der Waals surface area contributed by atoms with Gasteiger partial charge in [-0.15, -0.1) is 0 Å². The zero-order valence-corrected chi connectivity index (χ0v) is 20.0. The smallest absolute Gasteiger partial charge is 0.407 e. The zero-order valence-electron chi connectivity index (χ0n) is 20.0. The number of nitrogens with zero attached hydrogens (tertiary/aromatic N) is 2. The lowest BCUT2D eigenvalue weighted by molar-refractivity contribution is 0.139. The molecule has 0 aliphatic carbocycles. The van der Waals surface area contributed by atoms with E-state index in [1.54, 1.807) is 19.5 Å². The minimum atomic E-state index is -0.499. The molecule has 0 aliphatic rings. The molecule has 0 bridgehead atoms. The number of nitrogens with one attached hydrogen (secondary N) is 2. The van der Waals surface area contributed by atoms with Gasteiger partial charge >= 0.3 is 6.09 Å². The summed E-state index contributed by atoms with van der Waals surface area (Å²) in [6, 6.07) is 23.0. The van der Waals surface area contributed by atoms with E-state index in [4.69, 9.17) is 18.3 Å². The molecule has 186 valence electrons. The van der Waals surface area contributed by atoms with Gasteiger partial charge in [-0.1, -0.05) is 54.6 Å². The van der Waals surface area contributed by atoms with Crippen LogP contribution >= 0.6 is 0 Å². The van der Waals surface area contributed by atoms with Crippen LogP contribution < -0.4 is 15.4 Å². The van der Waals surface area contributed by atoms with Gasteiger partial charge in [0.15, 0.2) is 17.9 Å². The Balaban J connectivity index is 1.24. The van der Waals surface area contributed by atoms with Crippen molar-refractivity contribution in [2.24, 2.45) is 0 Å². The third-order valence-electron chi connectivity index (χ3n) is 5.58. The van der Waals surface area contributed by atoms with Crippen molar-refractivity contribution in [2.45, 2.75) is 13.2 Å². The average molecular weight is 497 g/mol. The molecule has 5 rings (SSSR count). The average Bonchev–Trinajstić information content (AvgIpc) is 3.64. The molecule has 37 heavy (non-hydrogen) atoms. The maximum atomic E-state index is 12.2. The van der Waals surface area contributed by atoms with E-state index < -0.39 is 6.09 Å². The number of benzene rings is 3. The minimum absolute atomic E-state index is 0.204. The molecule has 2 aromatic heterocycles. The number of carbonyl (C=O) groups excluding carboxylic acids is 1. The maximum absolute atomic E-state index is 12.2. The monoisotopic (exact) mass is 496 g/mol. The summed E-state index contributed by atoms with van der Waals surface area (Å²) >= 11 is 0. The van der Waals surface area contributed by atoms with Crippen molar-refractivity contribution in [3.63, 3.8) is 0 Å². The number of hydrogen-bond donors (Lipinski definition) is 2. The Kier molecular flexibility index (Phi) is 7.12. The van der Waals surface area contributed by atoms with Gasteiger partial charge in [0.25, 0.3) is 6.01 Å². The molecule has 0 saturated heterocycles. The molecule has 0 spiro atoms. The number of aromatic nitrogens is 2. The Hall–Kier alpha value is -5.05. The van der Waals surface area contributed by atoms with Crippen LogP contribution in [0.3, 0.4) is 0 Å². The van der Waals surface area contributed by atoms with Crippen LogP contribution in [0.1, 0.15) is 11.1 Å². The highest BCUT2D eigenvalue weighted by Gasteiger charge is 2.14. The molecule has 0 saturated carbocycles. The van der Waals surface area contributed by atoms with Crippen molar-refractivity contribution >= 4 is 17.8 Å². The molecular formula is C28H24N4O5. The highest BCUT2D eigenvalue weighted by molar-refractivity contribution is 5.71. The van der Waals surface area contributed by atoms with E-state index in [1.165, 1.54) is 6.39 Å². The molecule has 9 nitrogen and oxygen atoms in total. The molecule has 0 atom stereocenters. The van der Waals surface area contributed by atoms with Crippen molar-refractivity contribution in [2.75, 3.05) is 12.4 Å². The summed E-state index contributed by atoms with van der Waals surface area (Å²) in [5.74, 6) is 1.78. The predicted molar refractivity (Wildman–Crippen MR) is 137 cm³/mol. The summed E-state index contributed by atoms with van der Waals surface area (Å²) in [6.07, 6.45) is 4.13. The number of rotatable bonds is 9. The van der Waals surface area contributed by atoms with Gasteiger partial charge in [-0.2, -0.15) is 0 Å². The number of oxazole rings is 2. The zero-order chi connectivity index (χ0) is 25.5. The largest absolute Gasteiger partial charge is 0.496 e. The molecule has 0 unspecified atom stereocenters. The van der Waals surface area contributed by atoms with Crippen LogP contribution in [0.15, 0.2) is 100 Å². The van der Waals surface area contributed by atoms with Gasteiger partial charge in [0, 0.05) is 23.9 Å². The minimum Gasteiger partial charge on any atom is -0.496 e. The normalized spacial score (nSPS) is 10.6. The van der Waals surface area contributed by atoms with Crippen LogP contribution in [0.25, 0.3) is 22.6 Å². The first-order valence-electron chi connectivity index (χ1n) is 11.5. The molecule has 5 aromatic rings. The van der Waals surface area contributed by atoms with E-state index in [9.17, 15) is 4.79 Å². The summed E-state index contributed by atoms with van der Waals surface area (Å²) in [7, 11) is 1.59. The Morgan fingerprint density at radius 2 is 1.78 bits per heavy atom. The van der Waals surface area contributed by atoms with Gasteiger partial charge in [0.05, 0.1) is 25.1 Å². The van der Waals surface area contributed by atoms with E-state index >= 15 is 0 Å². The third-order valence-corrected chi connectivity index (χ3v) is 5.58. The van der Waals surface area contributed by atoms with Crippen molar-refractivity contribution in [3.05, 3.63) is 103 Å². The molecule has 0 radical (unpaired) electrons. The highest BCUT2D eigenvalue weighted by Crippen LogP contribution is 2.34. The second-order valence-corrected chi connectivity index (χ2v) is 8.01. The Bertz CT molecular complexity index is 1470. The highest BCUT2D eigenvalue weighted by atomic mass is 16.5. The Labute approximate surface area is 213 Å². The standard InChI is InChI=1S/C28H24N4O5/c1-34-24-13-21(11-12-23(24)25-15-29-18-36-25)32-27-30-16-26(37-27)22-10-6-5-9-20(22)14-31-28(33)35-17-19-7-3-2-4-8-19/h2-13,15-16,18H,14,17H2,1H3,(H,30,32)(H,31,33). The molecule has 9 heteroatoms. The molecule has 2 N–H and O–H groups in total. The van der Waals surface area contributed by atoms with Crippen molar-refractivity contribution < 1.29 is 23.1 Å². The Morgan fingerprint density at radius 1 is 0.946 bits per heavy atom.